The molecule has 0 saturated carbocycles. The lowest BCUT2D eigenvalue weighted by Crippen LogP contribution is -2.46. The summed E-state index contributed by atoms with van der Waals surface area (Å²) >= 11 is 5.24. The minimum Gasteiger partial charge on any atom is -0.445 e. The van der Waals surface area contributed by atoms with E-state index in [1.165, 1.54) is 0 Å². The van der Waals surface area contributed by atoms with Crippen LogP contribution in [0.15, 0.2) is 30.3 Å². The SMILES string of the molecule is O=C(Cl)O[C@@]1(CNC(=O)OCc2ccccc2)CCOC1. The molecule has 0 aliphatic carbocycles. The van der Waals surface area contributed by atoms with Crippen LogP contribution in [0.25, 0.3) is 0 Å². The number of carbonyl (C=O) groups excluding carboxylic acids is 2. The summed E-state index contributed by atoms with van der Waals surface area (Å²) in [6, 6.07) is 9.32. The molecule has 1 N–H and O–H groups in total. The fraction of sp³-hybridized carbons (Fsp3) is 0.429. The maximum Gasteiger partial charge on any atom is 0.407 e. The smallest absolute Gasteiger partial charge is 0.407 e. The molecule has 1 fully saturated rings. The monoisotopic (exact) mass is 313 g/mol. The van der Waals surface area contributed by atoms with Gasteiger partial charge in [0.1, 0.15) is 6.61 Å². The van der Waals surface area contributed by atoms with Gasteiger partial charge in [-0.3, -0.25) is 0 Å². The molecule has 0 unspecified atom stereocenters. The number of alkyl carbamates (subject to hydrolysis) is 1. The summed E-state index contributed by atoms with van der Waals surface area (Å²) in [4.78, 5) is 22.6. The second-order valence-electron chi connectivity index (χ2n) is 4.74. The molecule has 1 aliphatic heterocycles. The van der Waals surface area contributed by atoms with E-state index in [4.69, 9.17) is 25.8 Å². The van der Waals surface area contributed by atoms with Gasteiger partial charge < -0.3 is 19.5 Å². The molecule has 1 atom stereocenters. The highest BCUT2D eigenvalue weighted by atomic mass is 35.5. The molecule has 6 nitrogen and oxygen atoms in total. The molecule has 1 saturated heterocycles. The van der Waals surface area contributed by atoms with Crippen LogP contribution in [0.1, 0.15) is 12.0 Å². The van der Waals surface area contributed by atoms with E-state index in [0.29, 0.717) is 13.0 Å². The van der Waals surface area contributed by atoms with Crippen LogP contribution in [0.3, 0.4) is 0 Å². The lowest BCUT2D eigenvalue weighted by Gasteiger charge is -2.26. The summed E-state index contributed by atoms with van der Waals surface area (Å²) in [5.74, 6) is 0. The lowest BCUT2D eigenvalue weighted by atomic mass is 10.0. The van der Waals surface area contributed by atoms with Crippen LogP contribution in [0.4, 0.5) is 9.59 Å². The number of nitrogens with one attached hydrogen (secondary N) is 1. The van der Waals surface area contributed by atoms with E-state index < -0.39 is 17.1 Å². The molecule has 2 rings (SSSR count). The van der Waals surface area contributed by atoms with Crippen LogP contribution in [0.5, 0.6) is 0 Å². The highest BCUT2D eigenvalue weighted by Crippen LogP contribution is 2.23. The van der Waals surface area contributed by atoms with Crippen molar-refractivity contribution in [3.8, 4) is 0 Å². The number of benzene rings is 1. The fourth-order valence-electron chi connectivity index (χ4n) is 2.02. The van der Waals surface area contributed by atoms with E-state index in [0.717, 1.165) is 5.56 Å². The third-order valence-electron chi connectivity index (χ3n) is 3.13. The van der Waals surface area contributed by atoms with Crippen molar-refractivity contribution < 1.29 is 23.8 Å². The average Bonchev–Trinajstić information content (AvgIpc) is 2.92. The van der Waals surface area contributed by atoms with Gasteiger partial charge in [0, 0.05) is 18.0 Å². The highest BCUT2D eigenvalue weighted by molar-refractivity contribution is 6.61. The lowest BCUT2D eigenvalue weighted by molar-refractivity contribution is 0.0158. The highest BCUT2D eigenvalue weighted by Gasteiger charge is 2.39. The van der Waals surface area contributed by atoms with Gasteiger partial charge in [0.2, 0.25) is 0 Å². The van der Waals surface area contributed by atoms with Gasteiger partial charge in [0.15, 0.2) is 5.60 Å². The summed E-state index contributed by atoms with van der Waals surface area (Å²) in [6.45, 7) is 0.917. The predicted octanol–water partition coefficient (Wildman–Crippen LogP) is 2.45. The molecular formula is C14H16ClNO5. The molecule has 7 heteroatoms. The predicted molar refractivity (Wildman–Crippen MR) is 75.1 cm³/mol. The zero-order chi connectivity index (χ0) is 15.1. The number of hydrogen-bond acceptors (Lipinski definition) is 5. The largest absolute Gasteiger partial charge is 0.445 e. The van der Waals surface area contributed by atoms with Crippen molar-refractivity contribution >= 4 is 23.1 Å². The molecule has 1 amide bonds. The number of rotatable bonds is 5. The second-order valence-corrected chi connectivity index (χ2v) is 5.05. The third-order valence-corrected chi connectivity index (χ3v) is 3.21. The quantitative estimate of drug-likeness (QED) is 0.845. The Morgan fingerprint density at radius 2 is 2.10 bits per heavy atom. The Labute approximate surface area is 127 Å². The van der Waals surface area contributed by atoms with Gasteiger partial charge >= 0.3 is 11.5 Å². The third kappa shape index (κ3) is 4.91. The van der Waals surface area contributed by atoms with Gasteiger partial charge in [-0.25, -0.2) is 9.59 Å². The maximum atomic E-state index is 11.7. The molecule has 21 heavy (non-hydrogen) atoms. The van der Waals surface area contributed by atoms with Gasteiger partial charge in [-0.15, -0.1) is 0 Å². The molecule has 0 bridgehead atoms. The molecule has 1 aromatic rings. The molecule has 0 spiro atoms. The number of halogens is 1. The zero-order valence-electron chi connectivity index (χ0n) is 11.3. The second kappa shape index (κ2) is 7.28. The van der Waals surface area contributed by atoms with Crippen LogP contribution >= 0.6 is 11.6 Å². The van der Waals surface area contributed by atoms with Gasteiger partial charge in [-0.05, 0) is 5.56 Å². The summed E-state index contributed by atoms with van der Waals surface area (Å²) in [6.07, 6.45) is -0.111. The molecule has 114 valence electrons. The fourth-order valence-corrected chi connectivity index (χ4v) is 2.19. The number of hydrogen-bond donors (Lipinski definition) is 1. The Bertz CT molecular complexity index is 487. The Hall–Kier alpha value is -1.79. The summed E-state index contributed by atoms with van der Waals surface area (Å²) < 4.78 is 15.3. The Kier molecular flexibility index (Phi) is 5.41. The molecule has 1 heterocycles. The minimum atomic E-state index is -0.917. The van der Waals surface area contributed by atoms with Crippen LogP contribution in [-0.2, 0) is 20.8 Å². The van der Waals surface area contributed by atoms with Crippen molar-refractivity contribution in [2.24, 2.45) is 0 Å². The van der Waals surface area contributed by atoms with Crippen molar-refractivity contribution in [3.63, 3.8) is 0 Å². The minimum absolute atomic E-state index is 0.0963. The van der Waals surface area contributed by atoms with Crippen LogP contribution < -0.4 is 5.32 Å². The first-order chi connectivity index (χ1) is 10.1. The Balaban J connectivity index is 1.78. The Morgan fingerprint density at radius 3 is 2.71 bits per heavy atom. The van der Waals surface area contributed by atoms with E-state index in [2.05, 4.69) is 5.32 Å². The van der Waals surface area contributed by atoms with Gasteiger partial charge in [0.05, 0.1) is 19.8 Å². The van der Waals surface area contributed by atoms with Crippen LogP contribution in [0, 0.1) is 0 Å². The Morgan fingerprint density at radius 1 is 1.33 bits per heavy atom. The first-order valence-corrected chi connectivity index (χ1v) is 6.88. The average molecular weight is 314 g/mol. The number of ether oxygens (including phenoxy) is 3. The van der Waals surface area contributed by atoms with E-state index in [1.807, 2.05) is 30.3 Å². The summed E-state index contributed by atoms with van der Waals surface area (Å²) in [5.41, 5.74) is -0.941. The standard InChI is InChI=1S/C14H16ClNO5/c15-12(17)21-14(6-7-19-10-14)9-16-13(18)20-8-11-4-2-1-3-5-11/h1-5H,6-10H2,(H,16,18)/t14-/m1/s1. The van der Waals surface area contributed by atoms with Crippen molar-refractivity contribution in [1.29, 1.82) is 0 Å². The van der Waals surface area contributed by atoms with Gasteiger partial charge in [0.25, 0.3) is 0 Å². The normalized spacial score (nSPS) is 20.8. The topological polar surface area (TPSA) is 73.9 Å². The van der Waals surface area contributed by atoms with E-state index in [1.54, 1.807) is 0 Å². The van der Waals surface area contributed by atoms with E-state index >= 15 is 0 Å². The maximum absolute atomic E-state index is 11.7. The number of amides is 1. The molecule has 1 aromatic carbocycles. The van der Waals surface area contributed by atoms with E-state index in [9.17, 15) is 9.59 Å². The first kappa shape index (κ1) is 15.6. The van der Waals surface area contributed by atoms with Crippen molar-refractivity contribution in [2.45, 2.75) is 18.6 Å². The van der Waals surface area contributed by atoms with Crippen molar-refractivity contribution in [2.75, 3.05) is 19.8 Å². The summed E-state index contributed by atoms with van der Waals surface area (Å²) in [7, 11) is 0. The van der Waals surface area contributed by atoms with Crippen LogP contribution in [0.2, 0.25) is 0 Å². The first-order valence-electron chi connectivity index (χ1n) is 6.50. The molecule has 0 aromatic heterocycles. The zero-order valence-corrected chi connectivity index (χ0v) is 12.1. The van der Waals surface area contributed by atoms with Crippen molar-refractivity contribution in [1.82, 2.24) is 5.32 Å². The summed E-state index contributed by atoms with van der Waals surface area (Å²) in [5, 5.41) is 2.56. The number of carbonyl (C=O) groups is 2. The molecule has 0 radical (unpaired) electrons. The van der Waals surface area contributed by atoms with Crippen molar-refractivity contribution in [3.05, 3.63) is 35.9 Å². The van der Waals surface area contributed by atoms with Gasteiger partial charge in [-0.1, -0.05) is 30.3 Å². The molecule has 1 aliphatic rings. The van der Waals surface area contributed by atoms with Crippen LogP contribution in [-0.4, -0.2) is 36.9 Å². The van der Waals surface area contributed by atoms with Gasteiger partial charge in [-0.2, -0.15) is 0 Å². The molecular weight excluding hydrogens is 298 g/mol. The van der Waals surface area contributed by atoms with E-state index in [-0.39, 0.29) is 19.8 Å².